The van der Waals surface area contributed by atoms with Crippen LogP contribution in [-0.2, 0) is 0 Å². The number of fused-ring (bicyclic) bond motifs is 4. The predicted molar refractivity (Wildman–Crippen MR) is 200 cm³/mol. The number of ether oxygens (including phenoxy) is 2. The lowest BCUT2D eigenvalue weighted by molar-refractivity contribution is 0.464. The van der Waals surface area contributed by atoms with Crippen molar-refractivity contribution in [2.24, 2.45) is 0 Å². The van der Waals surface area contributed by atoms with Gasteiger partial charge in [0, 0.05) is 51.7 Å². The Morgan fingerprint density at radius 3 is 1.62 bits per heavy atom. The van der Waals surface area contributed by atoms with Crippen molar-refractivity contribution in [3.05, 3.63) is 182 Å². The largest absolute Gasteiger partial charge is 0.458 e. The van der Waals surface area contributed by atoms with Crippen molar-refractivity contribution in [2.45, 2.75) is 6.92 Å². The van der Waals surface area contributed by atoms with E-state index in [4.69, 9.17) is 9.47 Å². The summed E-state index contributed by atoms with van der Waals surface area (Å²) >= 11 is 0. The first-order valence-electron chi connectivity index (χ1n) is 16.2. The standard InChI is InChI=1S/C43H33BN2O2/c1-3-5-16-31(4-2)45(32-17-9-6-10-18-32)35-25-27-37-41(29-35)47-39-23-15-24-40-43(39)44(37)38-28-26-36(30-42(38)48-40)46(33-19-11-7-12-20-33)34-21-13-8-14-22-34/h3-30H,1H2,2H3/b16-5-,31-4+. The molecule has 2 aliphatic rings. The van der Waals surface area contributed by atoms with Crippen LogP contribution in [0.15, 0.2) is 182 Å². The Hall–Kier alpha value is -6.20. The molecule has 6 aromatic rings. The zero-order valence-corrected chi connectivity index (χ0v) is 26.7. The summed E-state index contributed by atoms with van der Waals surface area (Å²) in [5, 5.41) is 0. The molecule has 0 aliphatic carbocycles. The first-order chi connectivity index (χ1) is 23.7. The first-order valence-corrected chi connectivity index (χ1v) is 16.2. The molecule has 230 valence electrons. The molecule has 0 fully saturated rings. The van der Waals surface area contributed by atoms with Crippen LogP contribution in [0.3, 0.4) is 0 Å². The molecular weight excluding hydrogens is 587 g/mol. The molecular formula is C43H33BN2O2. The van der Waals surface area contributed by atoms with Gasteiger partial charge in [-0.05, 0) is 84.6 Å². The zero-order valence-electron chi connectivity index (χ0n) is 26.7. The predicted octanol–water partition coefficient (Wildman–Crippen LogP) is 9.67. The fraction of sp³-hybridized carbons (Fsp3) is 0.0233. The molecule has 8 rings (SSSR count). The van der Waals surface area contributed by atoms with E-state index in [1.54, 1.807) is 6.08 Å². The molecule has 0 N–H and O–H groups in total. The molecule has 0 bridgehead atoms. The monoisotopic (exact) mass is 620 g/mol. The van der Waals surface area contributed by atoms with Crippen LogP contribution in [-0.4, -0.2) is 6.71 Å². The first kappa shape index (κ1) is 29.2. The summed E-state index contributed by atoms with van der Waals surface area (Å²) in [5.41, 5.74) is 9.56. The number of rotatable bonds is 8. The van der Waals surface area contributed by atoms with Crippen LogP contribution < -0.4 is 35.7 Å². The second-order valence-corrected chi connectivity index (χ2v) is 11.7. The molecule has 0 saturated heterocycles. The Morgan fingerprint density at radius 2 is 1.08 bits per heavy atom. The minimum absolute atomic E-state index is 0.0410. The molecule has 5 heteroatoms. The van der Waals surface area contributed by atoms with Gasteiger partial charge >= 0.3 is 0 Å². The van der Waals surface area contributed by atoms with Crippen LogP contribution >= 0.6 is 0 Å². The topological polar surface area (TPSA) is 24.9 Å². The van der Waals surface area contributed by atoms with E-state index in [9.17, 15) is 0 Å². The maximum atomic E-state index is 6.67. The molecule has 0 atom stereocenters. The molecule has 48 heavy (non-hydrogen) atoms. The van der Waals surface area contributed by atoms with Gasteiger partial charge in [0.2, 0.25) is 0 Å². The lowest BCUT2D eigenvalue weighted by Crippen LogP contribution is -2.57. The third-order valence-electron chi connectivity index (χ3n) is 8.89. The molecule has 0 aromatic heterocycles. The quantitative estimate of drug-likeness (QED) is 0.125. The van der Waals surface area contributed by atoms with E-state index < -0.39 is 0 Å². The maximum absolute atomic E-state index is 6.67. The minimum atomic E-state index is -0.0410. The lowest BCUT2D eigenvalue weighted by atomic mass is 9.35. The van der Waals surface area contributed by atoms with Gasteiger partial charge in [-0.25, -0.2) is 0 Å². The van der Waals surface area contributed by atoms with Gasteiger partial charge in [-0.1, -0.05) is 97.6 Å². The molecule has 0 radical (unpaired) electrons. The molecule has 2 aliphatic heterocycles. The summed E-state index contributed by atoms with van der Waals surface area (Å²) in [6, 6.07) is 50.5. The van der Waals surface area contributed by atoms with E-state index in [0.717, 1.165) is 73.5 Å². The van der Waals surface area contributed by atoms with E-state index in [2.05, 4.69) is 145 Å². The summed E-state index contributed by atoms with van der Waals surface area (Å²) in [4.78, 5) is 4.50. The van der Waals surface area contributed by atoms with Crippen molar-refractivity contribution < 1.29 is 9.47 Å². The van der Waals surface area contributed by atoms with Gasteiger partial charge in [-0.15, -0.1) is 0 Å². The van der Waals surface area contributed by atoms with E-state index in [1.807, 2.05) is 42.5 Å². The van der Waals surface area contributed by atoms with Crippen molar-refractivity contribution in [3.63, 3.8) is 0 Å². The highest BCUT2D eigenvalue weighted by molar-refractivity contribution is 6.98. The van der Waals surface area contributed by atoms with Gasteiger partial charge in [0.25, 0.3) is 6.71 Å². The molecule has 0 unspecified atom stereocenters. The van der Waals surface area contributed by atoms with Crippen LogP contribution in [0.1, 0.15) is 6.92 Å². The number of allylic oxidation sites excluding steroid dienone is 4. The Balaban J connectivity index is 1.25. The van der Waals surface area contributed by atoms with Crippen molar-refractivity contribution in [1.29, 1.82) is 0 Å². The summed E-state index contributed by atoms with van der Waals surface area (Å²) in [6.07, 6.45) is 7.93. The van der Waals surface area contributed by atoms with Gasteiger partial charge < -0.3 is 19.3 Å². The minimum Gasteiger partial charge on any atom is -0.458 e. The van der Waals surface area contributed by atoms with E-state index in [-0.39, 0.29) is 6.71 Å². The molecule has 0 spiro atoms. The van der Waals surface area contributed by atoms with Gasteiger partial charge in [-0.2, -0.15) is 0 Å². The zero-order chi connectivity index (χ0) is 32.5. The molecule has 4 nitrogen and oxygen atoms in total. The number of nitrogens with zero attached hydrogens (tertiary/aromatic N) is 2. The lowest BCUT2D eigenvalue weighted by Gasteiger charge is -2.34. The summed E-state index contributed by atoms with van der Waals surface area (Å²) < 4.78 is 13.3. The maximum Gasteiger partial charge on any atom is 0.260 e. The Kier molecular flexibility index (Phi) is 7.63. The van der Waals surface area contributed by atoms with E-state index in [0.29, 0.717) is 0 Å². The van der Waals surface area contributed by atoms with Crippen molar-refractivity contribution in [1.82, 2.24) is 0 Å². The van der Waals surface area contributed by atoms with Crippen molar-refractivity contribution in [3.8, 4) is 23.0 Å². The number of hydrogen-bond donors (Lipinski definition) is 0. The van der Waals surface area contributed by atoms with E-state index in [1.165, 1.54) is 0 Å². The van der Waals surface area contributed by atoms with Crippen LogP contribution in [0.25, 0.3) is 0 Å². The highest BCUT2D eigenvalue weighted by atomic mass is 16.5. The number of anilines is 5. The summed E-state index contributed by atoms with van der Waals surface area (Å²) in [5.74, 6) is 3.31. The third kappa shape index (κ3) is 5.16. The molecule has 0 amide bonds. The summed E-state index contributed by atoms with van der Waals surface area (Å²) in [7, 11) is 0. The average molecular weight is 621 g/mol. The second kappa shape index (κ2) is 12.5. The van der Waals surface area contributed by atoms with Crippen LogP contribution in [0, 0.1) is 0 Å². The average Bonchev–Trinajstić information content (AvgIpc) is 3.14. The SMILES string of the molecule is C=C/C=C\C(=C/C)N(c1ccccc1)c1ccc2c(c1)Oc1cccc3c1B2c1ccc(N(c2ccccc2)c2ccccc2)cc1O3. The Bertz CT molecular complexity index is 2140. The highest BCUT2D eigenvalue weighted by Gasteiger charge is 2.40. The number of hydrogen-bond acceptors (Lipinski definition) is 4. The molecule has 0 saturated carbocycles. The fourth-order valence-electron chi connectivity index (χ4n) is 6.77. The third-order valence-corrected chi connectivity index (χ3v) is 8.89. The number of para-hydroxylation sites is 3. The highest BCUT2D eigenvalue weighted by Crippen LogP contribution is 2.41. The smallest absolute Gasteiger partial charge is 0.260 e. The normalized spacial score (nSPS) is 12.7. The van der Waals surface area contributed by atoms with Crippen molar-refractivity contribution >= 4 is 51.5 Å². The number of benzene rings is 6. The Morgan fingerprint density at radius 1 is 0.562 bits per heavy atom. The van der Waals surface area contributed by atoms with E-state index >= 15 is 0 Å². The second-order valence-electron chi connectivity index (χ2n) is 11.7. The van der Waals surface area contributed by atoms with Gasteiger partial charge in [0.05, 0.1) is 0 Å². The van der Waals surface area contributed by atoms with Gasteiger partial charge in [-0.3, -0.25) is 0 Å². The van der Waals surface area contributed by atoms with Crippen molar-refractivity contribution in [2.75, 3.05) is 9.80 Å². The summed E-state index contributed by atoms with van der Waals surface area (Å²) in [6.45, 7) is 5.89. The van der Waals surface area contributed by atoms with Gasteiger partial charge in [0.1, 0.15) is 23.0 Å². The van der Waals surface area contributed by atoms with Crippen LogP contribution in [0.2, 0.25) is 0 Å². The molecule has 6 aromatic carbocycles. The van der Waals surface area contributed by atoms with Gasteiger partial charge in [0.15, 0.2) is 0 Å². The van der Waals surface area contributed by atoms with Crippen LogP contribution in [0.4, 0.5) is 28.4 Å². The molecule has 2 heterocycles. The van der Waals surface area contributed by atoms with Crippen LogP contribution in [0.5, 0.6) is 23.0 Å². The Labute approximate surface area is 282 Å². The fourth-order valence-corrected chi connectivity index (χ4v) is 6.77.